The molecule has 2 aromatic carbocycles. The Hall–Kier alpha value is -3.10. The van der Waals surface area contributed by atoms with Crippen LogP contribution in [0.15, 0.2) is 47.3 Å². The molecule has 1 amide bonds. The van der Waals surface area contributed by atoms with Gasteiger partial charge in [-0.15, -0.1) is 4.68 Å². The number of carbonyl (C=O) groups excluding carboxylic acids is 1. The summed E-state index contributed by atoms with van der Waals surface area (Å²) in [5.41, 5.74) is -6.67. The van der Waals surface area contributed by atoms with Crippen LogP contribution in [0.4, 0.5) is 29.3 Å². The Labute approximate surface area is 194 Å². The number of para-hydroxylation sites is 1. The van der Waals surface area contributed by atoms with Gasteiger partial charge >= 0.3 is 27.3 Å². The molecule has 0 spiro atoms. The van der Waals surface area contributed by atoms with Crippen LogP contribution in [0.2, 0.25) is 10.0 Å². The molecule has 33 heavy (non-hydrogen) atoms. The van der Waals surface area contributed by atoms with Gasteiger partial charge in [-0.1, -0.05) is 29.3 Å². The van der Waals surface area contributed by atoms with Gasteiger partial charge in [-0.2, -0.15) is 26.3 Å². The number of rotatable bonds is 5. The summed E-state index contributed by atoms with van der Waals surface area (Å²) in [5.74, 6) is 0. The van der Waals surface area contributed by atoms with Crippen LogP contribution in [-0.4, -0.2) is 46.3 Å². The van der Waals surface area contributed by atoms with Gasteiger partial charge in [0.2, 0.25) is 0 Å². The Morgan fingerprint density at radius 2 is 1.67 bits per heavy atom. The average molecular weight is 525 g/mol. The number of carbonyl (C=O) groups is 1. The minimum absolute atomic E-state index is 0.0224. The van der Waals surface area contributed by atoms with Crippen molar-refractivity contribution in [1.82, 2.24) is 19.8 Å². The van der Waals surface area contributed by atoms with Crippen LogP contribution in [0.5, 0.6) is 0 Å². The maximum absolute atomic E-state index is 12.9. The zero-order valence-corrected chi connectivity index (χ0v) is 18.7. The van der Waals surface area contributed by atoms with Crippen LogP contribution in [0.1, 0.15) is 6.92 Å². The molecule has 0 radical (unpaired) electrons. The topological polar surface area (TPSA) is 119 Å². The number of sulfonamides is 1. The van der Waals surface area contributed by atoms with Gasteiger partial charge in [-0.25, -0.2) is 9.59 Å². The molecule has 1 aromatic heterocycles. The summed E-state index contributed by atoms with van der Waals surface area (Å²) in [7, 11) is -5.60. The van der Waals surface area contributed by atoms with Crippen molar-refractivity contribution in [2.24, 2.45) is 0 Å². The van der Waals surface area contributed by atoms with Crippen LogP contribution in [0.3, 0.4) is 0 Å². The second-order valence-electron chi connectivity index (χ2n) is 6.28. The lowest BCUT2D eigenvalue weighted by Gasteiger charge is -2.20. The molecule has 1 heterocycles. The van der Waals surface area contributed by atoms with Crippen LogP contribution >= 0.6 is 23.2 Å². The zero-order valence-electron chi connectivity index (χ0n) is 16.4. The summed E-state index contributed by atoms with van der Waals surface area (Å²) < 4.78 is 62.6. The Morgan fingerprint density at radius 1 is 1.09 bits per heavy atom. The minimum Gasteiger partial charge on any atom is -0.293 e. The number of hydrogen-bond donors (Lipinski definition) is 1. The minimum atomic E-state index is -5.60. The highest BCUT2D eigenvalue weighted by molar-refractivity contribution is 7.93. The van der Waals surface area contributed by atoms with Crippen molar-refractivity contribution >= 4 is 50.6 Å². The third-order valence-corrected chi connectivity index (χ3v) is 5.92. The maximum atomic E-state index is 12.9. The van der Waals surface area contributed by atoms with Gasteiger partial charge in [-0.3, -0.25) is 9.62 Å². The fourth-order valence-electron chi connectivity index (χ4n) is 2.66. The Bertz CT molecular complexity index is 1340. The van der Waals surface area contributed by atoms with E-state index in [1.165, 1.54) is 29.0 Å². The van der Waals surface area contributed by atoms with Gasteiger partial charge in [0.15, 0.2) is 0 Å². The van der Waals surface area contributed by atoms with Crippen LogP contribution in [0, 0.1) is 0 Å². The number of anilines is 2. The van der Waals surface area contributed by atoms with E-state index in [0.717, 1.165) is 21.7 Å². The third-order valence-electron chi connectivity index (χ3n) is 4.19. The first-order valence-electron chi connectivity index (χ1n) is 8.88. The molecule has 16 heteroatoms. The molecular weight excluding hydrogens is 512 g/mol. The first kappa shape index (κ1) is 24.5. The van der Waals surface area contributed by atoms with Gasteiger partial charge in [0, 0.05) is 17.9 Å². The van der Waals surface area contributed by atoms with Gasteiger partial charge in [0.25, 0.3) is 0 Å². The normalized spacial score (nSPS) is 11.9. The smallest absolute Gasteiger partial charge is 0.293 e. The number of hydrogen-bond acceptors (Lipinski definition) is 6. The second kappa shape index (κ2) is 9.03. The molecular formula is C17H13Cl2F3N6O4S. The van der Waals surface area contributed by atoms with Crippen LogP contribution in [-0.2, 0) is 10.0 Å². The van der Waals surface area contributed by atoms with Gasteiger partial charge < -0.3 is 0 Å². The lowest BCUT2D eigenvalue weighted by atomic mass is 10.2. The molecule has 1 N–H and O–H groups in total. The number of nitrogens with one attached hydrogen (secondary N) is 1. The first-order chi connectivity index (χ1) is 15.4. The predicted molar refractivity (Wildman–Crippen MR) is 114 cm³/mol. The van der Waals surface area contributed by atoms with E-state index in [4.69, 9.17) is 23.2 Å². The van der Waals surface area contributed by atoms with Gasteiger partial charge in [0.05, 0.1) is 10.0 Å². The fraction of sp³-hybridized carbons (Fsp3) is 0.176. The van der Waals surface area contributed by atoms with E-state index in [1.54, 1.807) is 13.0 Å². The summed E-state index contributed by atoms with van der Waals surface area (Å²) in [6, 6.07) is 7.97. The van der Waals surface area contributed by atoms with Crippen molar-refractivity contribution in [3.63, 3.8) is 0 Å². The number of amides is 1. The molecule has 0 bridgehead atoms. The van der Waals surface area contributed by atoms with E-state index >= 15 is 0 Å². The number of alkyl halides is 3. The lowest BCUT2D eigenvalue weighted by Crippen LogP contribution is -2.41. The molecule has 176 valence electrons. The summed E-state index contributed by atoms with van der Waals surface area (Å²) in [6.45, 7) is 1.59. The maximum Gasteiger partial charge on any atom is 0.516 e. The fourth-order valence-corrected chi connectivity index (χ4v) is 3.78. The molecule has 0 saturated carbocycles. The number of nitrogens with zero attached hydrogens (tertiary/aromatic N) is 5. The molecule has 3 aromatic rings. The van der Waals surface area contributed by atoms with Gasteiger partial charge in [-0.05, 0) is 53.7 Å². The van der Waals surface area contributed by atoms with E-state index in [2.05, 4.69) is 10.4 Å². The Kier molecular flexibility index (Phi) is 6.72. The van der Waals surface area contributed by atoms with Crippen molar-refractivity contribution < 1.29 is 26.4 Å². The quantitative estimate of drug-likeness (QED) is 0.510. The highest BCUT2D eigenvalue weighted by Crippen LogP contribution is 2.27. The second-order valence-corrected chi connectivity index (χ2v) is 8.77. The molecule has 0 aliphatic carbocycles. The van der Waals surface area contributed by atoms with E-state index in [1.807, 2.05) is 0 Å². The molecule has 0 aliphatic heterocycles. The van der Waals surface area contributed by atoms with Crippen molar-refractivity contribution in [3.05, 3.63) is 63.0 Å². The van der Waals surface area contributed by atoms with Crippen molar-refractivity contribution in [1.29, 1.82) is 0 Å². The van der Waals surface area contributed by atoms with Crippen molar-refractivity contribution in [3.8, 4) is 5.69 Å². The first-order valence-corrected chi connectivity index (χ1v) is 11.1. The summed E-state index contributed by atoms with van der Waals surface area (Å²) in [4.78, 5) is 26.7. The van der Waals surface area contributed by atoms with E-state index in [-0.39, 0.29) is 33.7 Å². The summed E-state index contributed by atoms with van der Waals surface area (Å²) in [6.07, 6.45) is 0. The predicted octanol–water partition coefficient (Wildman–Crippen LogP) is 3.49. The number of tetrazole rings is 1. The molecule has 3 rings (SSSR count). The lowest BCUT2D eigenvalue weighted by molar-refractivity contribution is -0.0429. The highest BCUT2D eigenvalue weighted by Gasteiger charge is 2.46. The number of halogens is 5. The van der Waals surface area contributed by atoms with Crippen LogP contribution in [0.25, 0.3) is 5.69 Å². The highest BCUT2D eigenvalue weighted by atomic mass is 35.5. The Balaban J connectivity index is 1.90. The van der Waals surface area contributed by atoms with Gasteiger partial charge in [0.1, 0.15) is 5.69 Å². The van der Waals surface area contributed by atoms with E-state index < -0.39 is 27.3 Å². The average Bonchev–Trinajstić information content (AvgIpc) is 3.09. The molecule has 0 saturated heterocycles. The zero-order chi connectivity index (χ0) is 24.6. The van der Waals surface area contributed by atoms with Crippen LogP contribution < -0.4 is 15.3 Å². The van der Waals surface area contributed by atoms with E-state index in [9.17, 15) is 31.2 Å². The largest absolute Gasteiger partial charge is 0.516 e. The van der Waals surface area contributed by atoms with Crippen molar-refractivity contribution in [2.45, 2.75) is 12.4 Å². The standard InChI is InChI=1S/C17H13Cl2F3N6O4S/c1-2-26(11-8-6-10(7-9-11)23-33(31,32)17(20,21)22)15(29)28-16(30)27(24-25-28)14-12(18)4-3-5-13(14)19/h3-9,23H,2H2,1H3. The number of benzene rings is 2. The monoisotopic (exact) mass is 524 g/mol. The third kappa shape index (κ3) is 4.82. The molecule has 0 atom stereocenters. The molecule has 0 aliphatic rings. The molecule has 10 nitrogen and oxygen atoms in total. The molecule has 0 unspecified atom stereocenters. The number of aromatic nitrogens is 4. The Morgan fingerprint density at radius 3 is 2.18 bits per heavy atom. The van der Waals surface area contributed by atoms with E-state index in [0.29, 0.717) is 4.68 Å². The SMILES string of the molecule is CCN(C(=O)n1nnn(-c2c(Cl)cccc2Cl)c1=O)c1ccc(NS(=O)(=O)C(F)(F)F)cc1. The summed E-state index contributed by atoms with van der Waals surface area (Å²) in [5, 5.41) is 7.37. The molecule has 0 fully saturated rings. The summed E-state index contributed by atoms with van der Waals surface area (Å²) >= 11 is 12.1. The van der Waals surface area contributed by atoms with Crippen molar-refractivity contribution in [2.75, 3.05) is 16.2 Å².